The highest BCUT2D eigenvalue weighted by Crippen LogP contribution is 2.65. The summed E-state index contributed by atoms with van der Waals surface area (Å²) in [7, 11) is 0. The van der Waals surface area contributed by atoms with Crippen molar-refractivity contribution in [1.29, 1.82) is 0 Å². The molecule has 0 saturated heterocycles. The van der Waals surface area contributed by atoms with Crippen molar-refractivity contribution in [2.75, 3.05) is 0 Å². The second kappa shape index (κ2) is 7.05. The van der Waals surface area contributed by atoms with Gasteiger partial charge in [0.25, 0.3) is 0 Å². The van der Waals surface area contributed by atoms with E-state index in [1.165, 1.54) is 51.4 Å². The summed E-state index contributed by atoms with van der Waals surface area (Å²) in [5, 5.41) is 0. The molecule has 144 valence electrons. The maximum absolute atomic E-state index is 2.70. The van der Waals surface area contributed by atoms with Gasteiger partial charge >= 0.3 is 0 Å². The van der Waals surface area contributed by atoms with Crippen LogP contribution in [0.3, 0.4) is 0 Å². The van der Waals surface area contributed by atoms with Gasteiger partial charge in [-0.15, -0.1) is 0 Å². The molecule has 2 saturated carbocycles. The number of hydrogen-bond donors (Lipinski definition) is 0. The van der Waals surface area contributed by atoms with Gasteiger partial charge in [-0.1, -0.05) is 72.5 Å². The lowest BCUT2D eigenvalue weighted by Crippen LogP contribution is -2.48. The van der Waals surface area contributed by atoms with Gasteiger partial charge in [-0.05, 0) is 85.4 Å². The molecule has 3 rings (SSSR count). The van der Waals surface area contributed by atoms with Crippen molar-refractivity contribution < 1.29 is 0 Å². The van der Waals surface area contributed by atoms with Crippen molar-refractivity contribution in [3.8, 4) is 0 Å². The lowest BCUT2D eigenvalue weighted by Gasteiger charge is -2.56. The SMILES string of the molecule is CC1=CCC2C(CCC3(C)C(C(C)CCCC(C)C)CCC23)C1(C)C. The first-order valence-electron chi connectivity index (χ1n) is 11.3. The average Bonchev–Trinajstić information content (AvgIpc) is 2.88. The van der Waals surface area contributed by atoms with E-state index in [0.717, 1.165) is 35.5 Å². The lowest BCUT2D eigenvalue weighted by molar-refractivity contribution is -0.0391. The molecule has 0 spiro atoms. The van der Waals surface area contributed by atoms with Crippen molar-refractivity contribution >= 4 is 0 Å². The Morgan fingerprint density at radius 1 is 1.00 bits per heavy atom. The van der Waals surface area contributed by atoms with E-state index in [2.05, 4.69) is 54.5 Å². The molecule has 0 aliphatic heterocycles. The van der Waals surface area contributed by atoms with Crippen LogP contribution in [0.2, 0.25) is 0 Å². The molecule has 6 unspecified atom stereocenters. The first-order chi connectivity index (χ1) is 11.7. The largest absolute Gasteiger partial charge is 0.0848 e. The van der Waals surface area contributed by atoms with Gasteiger partial charge in [-0.2, -0.15) is 0 Å². The quantitative estimate of drug-likeness (QED) is 0.445. The second-order valence-electron chi connectivity index (χ2n) is 11.3. The summed E-state index contributed by atoms with van der Waals surface area (Å²) in [4.78, 5) is 0. The molecule has 0 N–H and O–H groups in total. The fourth-order valence-corrected chi connectivity index (χ4v) is 7.41. The molecule has 0 radical (unpaired) electrons. The molecule has 0 amide bonds. The predicted molar refractivity (Wildman–Crippen MR) is 111 cm³/mol. The molecule has 3 aliphatic rings. The van der Waals surface area contributed by atoms with E-state index in [-0.39, 0.29) is 0 Å². The monoisotopic (exact) mass is 344 g/mol. The molecular weight excluding hydrogens is 300 g/mol. The highest BCUT2D eigenvalue weighted by atomic mass is 14.6. The van der Waals surface area contributed by atoms with Gasteiger partial charge in [0.1, 0.15) is 0 Å². The van der Waals surface area contributed by atoms with E-state index in [1.54, 1.807) is 5.57 Å². The Morgan fingerprint density at radius 2 is 1.72 bits per heavy atom. The van der Waals surface area contributed by atoms with Crippen LogP contribution in [0.4, 0.5) is 0 Å². The molecule has 0 heterocycles. The molecule has 2 fully saturated rings. The van der Waals surface area contributed by atoms with Crippen LogP contribution in [0.5, 0.6) is 0 Å². The summed E-state index contributed by atoms with van der Waals surface area (Å²) in [6, 6.07) is 0. The summed E-state index contributed by atoms with van der Waals surface area (Å²) >= 11 is 0. The fraction of sp³-hybridized carbons (Fsp3) is 0.920. The van der Waals surface area contributed by atoms with Crippen LogP contribution in [0, 0.1) is 46.3 Å². The molecule has 0 bridgehead atoms. The van der Waals surface area contributed by atoms with E-state index >= 15 is 0 Å². The highest BCUT2D eigenvalue weighted by Gasteiger charge is 2.57. The standard InChI is InChI=1S/C25H44/c1-17(2)9-8-10-18(3)21-13-14-23-20-12-11-19(4)24(5,6)22(20)15-16-25(21,23)7/h11,17-18,20-23H,8-10,12-16H2,1-7H3. The van der Waals surface area contributed by atoms with Crippen LogP contribution in [-0.4, -0.2) is 0 Å². The molecule has 3 aliphatic carbocycles. The Kier molecular flexibility index (Phi) is 5.50. The number of hydrogen-bond acceptors (Lipinski definition) is 0. The average molecular weight is 345 g/mol. The van der Waals surface area contributed by atoms with Crippen molar-refractivity contribution in [2.45, 2.75) is 99.8 Å². The second-order valence-corrected chi connectivity index (χ2v) is 11.3. The van der Waals surface area contributed by atoms with E-state index in [1.807, 2.05) is 0 Å². The minimum absolute atomic E-state index is 0.436. The Hall–Kier alpha value is -0.260. The molecule has 0 aromatic carbocycles. The summed E-state index contributed by atoms with van der Waals surface area (Å²) in [6.07, 6.45) is 14.3. The zero-order valence-corrected chi connectivity index (χ0v) is 18.2. The Bertz CT molecular complexity index is 496. The lowest BCUT2D eigenvalue weighted by atomic mass is 9.49. The van der Waals surface area contributed by atoms with E-state index in [4.69, 9.17) is 0 Å². The van der Waals surface area contributed by atoms with E-state index in [9.17, 15) is 0 Å². The van der Waals surface area contributed by atoms with Crippen LogP contribution in [0.1, 0.15) is 99.8 Å². The number of fused-ring (bicyclic) bond motifs is 3. The molecule has 6 atom stereocenters. The number of allylic oxidation sites excluding steroid dienone is 2. The van der Waals surface area contributed by atoms with E-state index < -0.39 is 0 Å². The third-order valence-electron chi connectivity index (χ3n) is 9.28. The van der Waals surface area contributed by atoms with Crippen molar-refractivity contribution in [1.82, 2.24) is 0 Å². The normalized spacial score (nSPS) is 41.2. The molecule has 0 aromatic heterocycles. The minimum Gasteiger partial charge on any atom is -0.0848 e. The van der Waals surface area contributed by atoms with Crippen LogP contribution in [-0.2, 0) is 0 Å². The maximum atomic E-state index is 2.70. The minimum atomic E-state index is 0.436. The van der Waals surface area contributed by atoms with Crippen LogP contribution in [0.25, 0.3) is 0 Å². The van der Waals surface area contributed by atoms with Gasteiger partial charge in [0.2, 0.25) is 0 Å². The Morgan fingerprint density at radius 3 is 2.40 bits per heavy atom. The van der Waals surface area contributed by atoms with Gasteiger partial charge in [-0.25, -0.2) is 0 Å². The van der Waals surface area contributed by atoms with Crippen molar-refractivity contribution in [3.63, 3.8) is 0 Å². The summed E-state index contributed by atoms with van der Waals surface area (Å²) in [5.74, 6) is 5.68. The maximum Gasteiger partial charge on any atom is -0.0116 e. The zero-order chi connectivity index (χ0) is 18.4. The zero-order valence-electron chi connectivity index (χ0n) is 18.2. The topological polar surface area (TPSA) is 0 Å². The summed E-state index contributed by atoms with van der Waals surface area (Å²) in [5.41, 5.74) is 2.73. The van der Waals surface area contributed by atoms with Gasteiger partial charge in [-0.3, -0.25) is 0 Å². The van der Waals surface area contributed by atoms with Crippen LogP contribution in [0.15, 0.2) is 11.6 Å². The van der Waals surface area contributed by atoms with Crippen LogP contribution >= 0.6 is 0 Å². The van der Waals surface area contributed by atoms with Crippen LogP contribution < -0.4 is 0 Å². The Balaban J connectivity index is 1.72. The van der Waals surface area contributed by atoms with Gasteiger partial charge in [0.15, 0.2) is 0 Å². The number of rotatable bonds is 5. The summed E-state index contributed by atoms with van der Waals surface area (Å²) in [6.45, 7) is 17.5. The van der Waals surface area contributed by atoms with Gasteiger partial charge in [0, 0.05) is 0 Å². The van der Waals surface area contributed by atoms with Gasteiger partial charge < -0.3 is 0 Å². The summed E-state index contributed by atoms with van der Waals surface area (Å²) < 4.78 is 0. The third-order valence-corrected chi connectivity index (χ3v) is 9.28. The first-order valence-corrected chi connectivity index (χ1v) is 11.3. The molecule has 25 heavy (non-hydrogen) atoms. The van der Waals surface area contributed by atoms with E-state index in [0.29, 0.717) is 10.8 Å². The molecule has 0 aromatic rings. The molecular formula is C25H44. The fourth-order valence-electron chi connectivity index (χ4n) is 7.41. The Labute approximate surface area is 158 Å². The first kappa shape index (κ1) is 19.5. The highest BCUT2D eigenvalue weighted by molar-refractivity contribution is 5.20. The van der Waals surface area contributed by atoms with Gasteiger partial charge in [0.05, 0.1) is 0 Å². The molecule has 0 heteroatoms. The molecule has 0 nitrogen and oxygen atoms in total. The third kappa shape index (κ3) is 3.37. The van der Waals surface area contributed by atoms with Crippen molar-refractivity contribution in [3.05, 3.63) is 11.6 Å². The van der Waals surface area contributed by atoms with Crippen molar-refractivity contribution in [2.24, 2.45) is 46.3 Å². The predicted octanol–water partition coefficient (Wildman–Crippen LogP) is 7.88. The smallest absolute Gasteiger partial charge is 0.0116 e.